The second-order valence-electron chi connectivity index (χ2n) is 4.58. The predicted molar refractivity (Wildman–Crippen MR) is 79.7 cm³/mol. The van der Waals surface area contributed by atoms with Crippen LogP contribution in [0.5, 0.6) is 0 Å². The van der Waals surface area contributed by atoms with Gasteiger partial charge in [-0.1, -0.05) is 23.2 Å². The Labute approximate surface area is 132 Å². The lowest BCUT2D eigenvalue weighted by Gasteiger charge is -2.21. The van der Waals surface area contributed by atoms with Crippen molar-refractivity contribution in [3.63, 3.8) is 0 Å². The molecule has 0 saturated carbocycles. The zero-order valence-electron chi connectivity index (χ0n) is 11.0. The average molecular weight is 353 g/mol. The highest BCUT2D eigenvalue weighted by molar-refractivity contribution is 7.89. The van der Waals surface area contributed by atoms with E-state index >= 15 is 0 Å². The van der Waals surface area contributed by atoms with E-state index in [1.165, 1.54) is 10.4 Å². The molecule has 0 bridgehead atoms. The quantitative estimate of drug-likeness (QED) is 0.863. The maximum atomic E-state index is 12.7. The molecule has 1 fully saturated rings. The van der Waals surface area contributed by atoms with Crippen molar-refractivity contribution in [2.45, 2.75) is 11.3 Å². The Bertz CT molecular complexity index is 655. The molecule has 9 heteroatoms. The summed E-state index contributed by atoms with van der Waals surface area (Å²) in [5.41, 5.74) is -0.323. The molecule has 2 rings (SSSR count). The fourth-order valence-corrected chi connectivity index (χ4v) is 4.46. The van der Waals surface area contributed by atoms with Crippen molar-refractivity contribution in [1.29, 1.82) is 0 Å². The number of aromatic carboxylic acids is 1. The van der Waals surface area contributed by atoms with Gasteiger partial charge in [0.15, 0.2) is 0 Å². The smallest absolute Gasteiger partial charge is 0.337 e. The molecule has 1 aliphatic rings. The summed E-state index contributed by atoms with van der Waals surface area (Å²) in [6.07, 6.45) is 0.670. The van der Waals surface area contributed by atoms with Gasteiger partial charge in [0.25, 0.3) is 0 Å². The van der Waals surface area contributed by atoms with E-state index in [4.69, 9.17) is 28.3 Å². The van der Waals surface area contributed by atoms with Gasteiger partial charge in [-0.25, -0.2) is 13.2 Å². The molecule has 0 aliphatic carbocycles. The van der Waals surface area contributed by atoms with Crippen LogP contribution in [0.3, 0.4) is 0 Å². The molecule has 1 heterocycles. The Morgan fingerprint density at radius 3 is 2.62 bits per heavy atom. The standard InChI is InChI=1S/C12H14Cl2N2O4S/c13-8-6-9(12(17)18)11(14)10(7-8)21(19,20)16-4-1-2-15-3-5-16/h6-7,15H,1-5H2,(H,17,18). The number of halogens is 2. The molecule has 1 aromatic rings. The first-order valence-electron chi connectivity index (χ1n) is 6.27. The Balaban J connectivity index is 2.51. The summed E-state index contributed by atoms with van der Waals surface area (Å²) in [4.78, 5) is 10.9. The zero-order chi connectivity index (χ0) is 15.6. The molecule has 0 unspecified atom stereocenters. The number of nitrogens with one attached hydrogen (secondary N) is 1. The van der Waals surface area contributed by atoms with Gasteiger partial charge in [-0.2, -0.15) is 4.31 Å². The second-order valence-corrected chi connectivity index (χ2v) is 7.30. The summed E-state index contributed by atoms with van der Waals surface area (Å²) in [5.74, 6) is -1.32. The van der Waals surface area contributed by atoms with Crippen molar-refractivity contribution in [3.05, 3.63) is 27.7 Å². The van der Waals surface area contributed by atoms with Crippen molar-refractivity contribution < 1.29 is 18.3 Å². The van der Waals surface area contributed by atoms with E-state index in [0.717, 1.165) is 12.6 Å². The normalized spacial score (nSPS) is 17.4. The van der Waals surface area contributed by atoms with Gasteiger partial charge in [-0.15, -0.1) is 0 Å². The summed E-state index contributed by atoms with van der Waals surface area (Å²) in [6.45, 7) is 1.91. The van der Waals surface area contributed by atoms with Crippen LogP contribution in [0.25, 0.3) is 0 Å². The van der Waals surface area contributed by atoms with E-state index in [2.05, 4.69) is 5.32 Å². The molecular weight excluding hydrogens is 339 g/mol. The molecule has 0 aromatic heterocycles. The van der Waals surface area contributed by atoms with E-state index in [0.29, 0.717) is 26.1 Å². The third-order valence-electron chi connectivity index (χ3n) is 3.15. The zero-order valence-corrected chi connectivity index (χ0v) is 13.3. The molecule has 1 aliphatic heterocycles. The summed E-state index contributed by atoms with van der Waals surface area (Å²) < 4.78 is 26.6. The fourth-order valence-electron chi connectivity index (χ4n) is 2.11. The molecule has 21 heavy (non-hydrogen) atoms. The third kappa shape index (κ3) is 3.49. The van der Waals surface area contributed by atoms with Gasteiger partial charge < -0.3 is 10.4 Å². The van der Waals surface area contributed by atoms with Gasteiger partial charge in [0.2, 0.25) is 10.0 Å². The van der Waals surface area contributed by atoms with Gasteiger partial charge in [-0.05, 0) is 25.1 Å². The monoisotopic (exact) mass is 352 g/mol. The molecule has 0 amide bonds. The first kappa shape index (κ1) is 16.5. The summed E-state index contributed by atoms with van der Waals surface area (Å²) in [6, 6.07) is 2.32. The number of nitrogens with zero attached hydrogens (tertiary/aromatic N) is 1. The van der Waals surface area contributed by atoms with E-state index in [1.54, 1.807) is 0 Å². The van der Waals surface area contributed by atoms with E-state index in [-0.39, 0.29) is 20.5 Å². The van der Waals surface area contributed by atoms with Crippen molar-refractivity contribution in [3.8, 4) is 0 Å². The topological polar surface area (TPSA) is 86.7 Å². The molecular formula is C12H14Cl2N2O4S. The molecule has 0 radical (unpaired) electrons. The number of benzene rings is 1. The number of carboxylic acids is 1. The average Bonchev–Trinajstić information content (AvgIpc) is 2.70. The first-order chi connectivity index (χ1) is 9.84. The third-order valence-corrected chi connectivity index (χ3v) is 5.81. The van der Waals surface area contributed by atoms with Gasteiger partial charge in [0, 0.05) is 24.7 Å². The van der Waals surface area contributed by atoms with Crippen LogP contribution in [0.4, 0.5) is 0 Å². The molecule has 1 saturated heterocycles. The van der Waals surface area contributed by atoms with Gasteiger partial charge in [0.1, 0.15) is 4.90 Å². The van der Waals surface area contributed by atoms with Crippen LogP contribution in [0.15, 0.2) is 17.0 Å². The maximum Gasteiger partial charge on any atom is 0.337 e. The van der Waals surface area contributed by atoms with E-state index in [1.807, 2.05) is 0 Å². The van der Waals surface area contributed by atoms with E-state index in [9.17, 15) is 13.2 Å². The molecule has 116 valence electrons. The van der Waals surface area contributed by atoms with Crippen LogP contribution in [-0.4, -0.2) is 50.0 Å². The van der Waals surface area contributed by atoms with Crippen LogP contribution in [0.2, 0.25) is 10.0 Å². The molecule has 6 nitrogen and oxygen atoms in total. The minimum absolute atomic E-state index is 0.0170. The van der Waals surface area contributed by atoms with Crippen molar-refractivity contribution >= 4 is 39.2 Å². The highest BCUT2D eigenvalue weighted by Gasteiger charge is 2.29. The largest absolute Gasteiger partial charge is 0.478 e. The van der Waals surface area contributed by atoms with Gasteiger partial charge >= 0.3 is 5.97 Å². The number of sulfonamides is 1. The number of carboxylic acid groups (broad SMARTS) is 1. The van der Waals surface area contributed by atoms with Crippen LogP contribution >= 0.6 is 23.2 Å². The van der Waals surface area contributed by atoms with Gasteiger partial charge in [0.05, 0.1) is 10.6 Å². The molecule has 2 N–H and O–H groups in total. The second kappa shape index (κ2) is 6.50. The fraction of sp³-hybridized carbons (Fsp3) is 0.417. The minimum Gasteiger partial charge on any atom is -0.478 e. The minimum atomic E-state index is -3.88. The predicted octanol–water partition coefficient (Wildman–Crippen LogP) is 1.68. The van der Waals surface area contributed by atoms with Crippen molar-refractivity contribution in [2.75, 3.05) is 26.2 Å². The lowest BCUT2D eigenvalue weighted by Crippen LogP contribution is -2.34. The number of rotatable bonds is 3. The molecule has 0 spiro atoms. The van der Waals surface area contributed by atoms with E-state index < -0.39 is 16.0 Å². The van der Waals surface area contributed by atoms with Crippen LogP contribution in [0.1, 0.15) is 16.8 Å². The Morgan fingerprint density at radius 1 is 1.24 bits per heavy atom. The molecule has 0 atom stereocenters. The van der Waals surface area contributed by atoms with Crippen molar-refractivity contribution in [1.82, 2.24) is 9.62 Å². The maximum absolute atomic E-state index is 12.7. The van der Waals surface area contributed by atoms with Crippen molar-refractivity contribution in [2.24, 2.45) is 0 Å². The molecule has 1 aromatic carbocycles. The Morgan fingerprint density at radius 2 is 1.95 bits per heavy atom. The summed E-state index contributed by atoms with van der Waals surface area (Å²) in [5, 5.41) is 11.9. The summed E-state index contributed by atoms with van der Waals surface area (Å²) >= 11 is 11.8. The lowest BCUT2D eigenvalue weighted by atomic mass is 10.2. The highest BCUT2D eigenvalue weighted by Crippen LogP contribution is 2.31. The number of hydrogen-bond donors (Lipinski definition) is 2. The lowest BCUT2D eigenvalue weighted by molar-refractivity contribution is 0.0697. The van der Waals surface area contributed by atoms with Gasteiger partial charge in [-0.3, -0.25) is 0 Å². The Hall–Kier alpha value is -0.860. The first-order valence-corrected chi connectivity index (χ1v) is 8.47. The Kier molecular flexibility index (Phi) is 5.11. The highest BCUT2D eigenvalue weighted by atomic mass is 35.5. The van der Waals surface area contributed by atoms with Crippen LogP contribution < -0.4 is 5.32 Å². The SMILES string of the molecule is O=C(O)c1cc(Cl)cc(S(=O)(=O)N2CCCNCC2)c1Cl. The number of hydrogen-bond acceptors (Lipinski definition) is 4. The number of carbonyl (C=O) groups is 1. The van der Waals surface area contributed by atoms with Crippen LogP contribution in [-0.2, 0) is 10.0 Å². The van der Waals surface area contributed by atoms with Crippen LogP contribution in [0, 0.1) is 0 Å². The summed E-state index contributed by atoms with van der Waals surface area (Å²) in [7, 11) is -3.88.